The summed E-state index contributed by atoms with van der Waals surface area (Å²) >= 11 is 3.39. The number of rotatable bonds is 12. The maximum atomic E-state index is 14.3. The first-order chi connectivity index (χ1) is 30.7. The molecule has 0 N–H and O–H groups in total. The molecule has 12 nitrogen and oxygen atoms in total. The first-order valence-electron chi connectivity index (χ1n) is 21.8. The zero-order valence-corrected chi connectivity index (χ0v) is 41.4. The van der Waals surface area contributed by atoms with Crippen LogP contribution >= 0.6 is 23.5 Å². The molecule has 4 atom stereocenters. The van der Waals surface area contributed by atoms with E-state index in [-0.39, 0.29) is 59.9 Å². The molecular weight excluding hydrogens is 944 g/mol. The summed E-state index contributed by atoms with van der Waals surface area (Å²) in [7, 11) is -7.69. The maximum Gasteiger partial charge on any atom is 2.00 e. The molecule has 0 aliphatic carbocycles. The van der Waals surface area contributed by atoms with Crippen molar-refractivity contribution in [3.8, 4) is 45.6 Å². The van der Waals surface area contributed by atoms with E-state index in [0.29, 0.717) is 68.8 Å². The average Bonchev–Trinajstić information content (AvgIpc) is 4.04. The summed E-state index contributed by atoms with van der Waals surface area (Å²) in [5.41, 5.74) is 3.65. The van der Waals surface area contributed by atoms with Crippen molar-refractivity contribution in [2.45, 2.75) is 122 Å². The van der Waals surface area contributed by atoms with Gasteiger partial charge >= 0.3 is 17.1 Å². The molecule has 0 amide bonds. The number of hydrogen-bond donors (Lipinski definition) is 0. The first kappa shape index (κ1) is 46.9. The van der Waals surface area contributed by atoms with E-state index in [0.717, 1.165) is 33.8 Å². The van der Waals surface area contributed by atoms with Crippen molar-refractivity contribution in [1.82, 2.24) is 39.9 Å². The Kier molecular flexibility index (Phi) is 13.1. The number of nitrogens with zero attached hydrogens (tertiary/aromatic N) is 8. The Bertz CT molecular complexity index is 3200. The van der Waals surface area contributed by atoms with E-state index < -0.39 is 30.2 Å². The summed E-state index contributed by atoms with van der Waals surface area (Å²) in [5, 5.41) is 0.859. The molecule has 7 aromatic rings. The van der Waals surface area contributed by atoms with E-state index >= 15 is 0 Å². The van der Waals surface area contributed by atoms with Gasteiger partial charge in [0.15, 0.2) is 19.7 Å². The predicted molar refractivity (Wildman–Crippen MR) is 259 cm³/mol. The van der Waals surface area contributed by atoms with Gasteiger partial charge in [0.1, 0.15) is 0 Å². The van der Waals surface area contributed by atoms with Crippen molar-refractivity contribution in [3.63, 3.8) is 0 Å². The zero-order chi connectivity index (χ0) is 45.2. The predicted octanol–water partition coefficient (Wildman–Crippen LogP) is 11.1. The largest absolute Gasteiger partial charge is 2.00 e. The zero-order valence-electron chi connectivity index (χ0n) is 37.2. The van der Waals surface area contributed by atoms with Crippen LogP contribution in [0.3, 0.4) is 0 Å². The second-order valence-corrected chi connectivity index (χ2v) is 24.0. The van der Waals surface area contributed by atoms with Crippen LogP contribution in [0.2, 0.25) is 0 Å². The molecule has 3 aromatic heterocycles. The molecule has 2 aliphatic heterocycles. The molecular formula is C48H48CuN8O4S4. The van der Waals surface area contributed by atoms with Gasteiger partial charge in [-0.15, -0.1) is 23.5 Å². The standard InChI is InChI=1S/C48H48N8O4S4.Cu/c1-9-25(5)61-33-21-13-17-29-37(33)45-49-41(29)53-47-40-32(20-16-24-36(40)64(59,60)28(8)12-4)44(56-47)52-46-38-30(18-14-22-34(38)62-26(6)10-2)42(50-46)54-48-39-31(43(51-45)55-48)19-15-23-35(39)63(57,58)27(7)11-3;/h13-28H,9-12H2,1-8H3;/q-2;+2. The Morgan fingerprint density at radius 1 is 0.477 bits per heavy atom. The van der Waals surface area contributed by atoms with Crippen LogP contribution in [-0.2, 0) is 36.7 Å². The molecule has 339 valence electrons. The third-order valence-corrected chi connectivity index (χ3v) is 19.6. The molecule has 9 rings (SSSR count). The molecule has 0 saturated carbocycles. The van der Waals surface area contributed by atoms with Crippen LogP contribution in [0.15, 0.2) is 92.4 Å². The second-order valence-electron chi connectivity index (χ2n) is 16.4. The SMILES string of the molecule is CCC(C)Sc1cccc2c1-c1nc-2nc2[n-]c(nc3nc(nc4[n-]c(n1)c1cccc(S(=O)(=O)C(C)CC)c41)-c1cccc(SC(C)CC)c1-3)c1cccc(S(=O)(=O)C(C)CC)c21.[Cu+2]. The number of sulfone groups is 2. The molecule has 0 fully saturated rings. The van der Waals surface area contributed by atoms with Crippen molar-refractivity contribution in [2.75, 3.05) is 0 Å². The normalized spacial score (nSPS) is 14.4. The summed E-state index contributed by atoms with van der Waals surface area (Å²) in [4.78, 5) is 42.9. The third kappa shape index (κ3) is 8.09. The molecule has 0 saturated heterocycles. The summed E-state index contributed by atoms with van der Waals surface area (Å²) in [5.74, 6) is 1.24. The Morgan fingerprint density at radius 3 is 1.22 bits per heavy atom. The fourth-order valence-corrected chi connectivity index (χ4v) is 13.3. The van der Waals surface area contributed by atoms with Gasteiger partial charge in [0.2, 0.25) is 0 Å². The van der Waals surface area contributed by atoms with Crippen LogP contribution < -0.4 is 9.97 Å². The molecule has 4 aromatic carbocycles. The van der Waals surface area contributed by atoms with Crippen LogP contribution in [-0.4, -0.2) is 67.7 Å². The minimum atomic E-state index is -3.84. The van der Waals surface area contributed by atoms with Crippen molar-refractivity contribution in [2.24, 2.45) is 0 Å². The fraction of sp³-hybridized carbons (Fsp3) is 0.333. The molecule has 2 aliphatic rings. The summed E-state index contributed by atoms with van der Waals surface area (Å²) < 4.78 is 57.3. The summed E-state index contributed by atoms with van der Waals surface area (Å²) in [6.07, 6.45) is 2.66. The Morgan fingerprint density at radius 2 is 0.846 bits per heavy atom. The van der Waals surface area contributed by atoms with Crippen LogP contribution in [0.4, 0.5) is 0 Å². The van der Waals surface area contributed by atoms with E-state index in [1.165, 1.54) is 0 Å². The Labute approximate surface area is 398 Å². The number of aromatic nitrogens is 8. The Hall–Kier alpha value is -4.64. The van der Waals surface area contributed by atoms with Gasteiger partial charge in [-0.3, -0.25) is 0 Å². The molecule has 0 spiro atoms. The monoisotopic (exact) mass is 991 g/mol. The van der Waals surface area contributed by atoms with Gasteiger partial charge in [0.05, 0.1) is 43.6 Å². The van der Waals surface area contributed by atoms with Crippen LogP contribution in [0, 0.1) is 0 Å². The van der Waals surface area contributed by atoms with Crippen LogP contribution in [0.25, 0.3) is 89.7 Å². The summed E-state index contributed by atoms with van der Waals surface area (Å²) in [6, 6.07) is 22.1. The molecule has 1 radical (unpaired) electrons. The topological polar surface area (TPSA) is 174 Å². The van der Waals surface area contributed by atoms with E-state index in [1.54, 1.807) is 61.6 Å². The van der Waals surface area contributed by atoms with Crippen molar-refractivity contribution < 1.29 is 33.9 Å². The second kappa shape index (κ2) is 18.2. The maximum absolute atomic E-state index is 14.3. The van der Waals surface area contributed by atoms with E-state index in [1.807, 2.05) is 62.4 Å². The van der Waals surface area contributed by atoms with E-state index in [2.05, 4.69) is 27.7 Å². The fourth-order valence-electron chi connectivity index (χ4n) is 7.87. The number of thioether (sulfide) groups is 2. The van der Waals surface area contributed by atoms with Crippen LogP contribution in [0.1, 0.15) is 81.1 Å². The molecule has 17 heteroatoms. The number of fused-ring (bicyclic) bond motifs is 20. The Balaban J connectivity index is 0.00000576. The molecule has 5 heterocycles. The molecule has 65 heavy (non-hydrogen) atoms. The van der Waals surface area contributed by atoms with Gasteiger partial charge in [0.25, 0.3) is 0 Å². The third-order valence-electron chi connectivity index (χ3n) is 12.3. The molecule has 8 bridgehead atoms. The van der Waals surface area contributed by atoms with Gasteiger partial charge in [-0.25, -0.2) is 26.8 Å². The quantitative estimate of drug-likeness (QED) is 0.0835. The average molecular weight is 993 g/mol. The number of hydrogen-bond acceptors (Lipinski definition) is 12. The van der Waals surface area contributed by atoms with Gasteiger partial charge < -0.3 is 29.9 Å². The molecule has 4 unspecified atom stereocenters. The first-order valence-corrected chi connectivity index (χ1v) is 26.6. The summed E-state index contributed by atoms with van der Waals surface area (Å²) in [6.45, 7) is 15.7. The van der Waals surface area contributed by atoms with Crippen molar-refractivity contribution in [3.05, 3.63) is 72.8 Å². The van der Waals surface area contributed by atoms with Crippen molar-refractivity contribution >= 4 is 87.3 Å². The number of benzene rings is 4. The van der Waals surface area contributed by atoms with Gasteiger partial charge in [0, 0.05) is 75.9 Å². The van der Waals surface area contributed by atoms with Gasteiger partial charge in [-0.05, 0) is 74.6 Å². The minimum absolute atomic E-state index is 0. The van der Waals surface area contributed by atoms with Gasteiger partial charge in [-0.2, -0.15) is 0 Å². The van der Waals surface area contributed by atoms with E-state index in [9.17, 15) is 16.8 Å². The van der Waals surface area contributed by atoms with Crippen molar-refractivity contribution in [1.29, 1.82) is 0 Å². The minimum Gasteiger partial charge on any atom is -0.357 e. The van der Waals surface area contributed by atoms with Crippen LogP contribution in [0.5, 0.6) is 0 Å². The smallest absolute Gasteiger partial charge is 0.357 e. The van der Waals surface area contributed by atoms with Gasteiger partial charge in [-0.1, -0.05) is 90.1 Å². The van der Waals surface area contributed by atoms with E-state index in [4.69, 9.17) is 39.9 Å².